The Morgan fingerprint density at radius 1 is 1.03 bits per heavy atom. The minimum Gasteiger partial charge on any atom is -0.481 e. The van der Waals surface area contributed by atoms with E-state index < -0.39 is 12.1 Å². The number of anilines is 1. The summed E-state index contributed by atoms with van der Waals surface area (Å²) in [5, 5.41) is 14.6. The highest BCUT2D eigenvalue weighted by Gasteiger charge is 2.32. The molecule has 2 aromatic carbocycles. The normalized spacial score (nSPS) is 18.4. The van der Waals surface area contributed by atoms with Crippen LogP contribution in [-0.4, -0.2) is 40.7 Å². The van der Waals surface area contributed by atoms with Crippen LogP contribution in [0.1, 0.15) is 46.0 Å². The fraction of sp³-hybridized carbons (Fsp3) is 0.280. The molecule has 2 amide bonds. The van der Waals surface area contributed by atoms with Crippen molar-refractivity contribution >= 4 is 34.4 Å². The van der Waals surface area contributed by atoms with Crippen molar-refractivity contribution in [3.63, 3.8) is 0 Å². The van der Waals surface area contributed by atoms with E-state index in [0.717, 1.165) is 33.6 Å². The van der Waals surface area contributed by atoms with Crippen LogP contribution in [0.15, 0.2) is 54.7 Å². The van der Waals surface area contributed by atoms with Crippen LogP contribution in [0.4, 0.5) is 9.93 Å². The molecule has 0 bridgehead atoms. The standard InChI is InChI=1S/C25H23N3O5S/c29-22(30)11-14-9-15(10-14)27-23(31)21-12-26-24(34-21)28-25(32)33-13-20-18-7-3-1-5-16(18)17-6-2-4-8-19(17)20/h1-8,12,14-15,20H,9-11,13H2,(H,27,31)(H,29,30)(H,26,28,32). The number of nitrogens with one attached hydrogen (secondary N) is 2. The zero-order chi connectivity index (χ0) is 23.7. The molecule has 34 heavy (non-hydrogen) atoms. The summed E-state index contributed by atoms with van der Waals surface area (Å²) in [7, 11) is 0. The molecule has 174 valence electrons. The van der Waals surface area contributed by atoms with E-state index in [4.69, 9.17) is 9.84 Å². The van der Waals surface area contributed by atoms with Crippen molar-refractivity contribution in [1.29, 1.82) is 0 Å². The zero-order valence-electron chi connectivity index (χ0n) is 18.2. The van der Waals surface area contributed by atoms with E-state index in [-0.39, 0.29) is 41.9 Å². The molecule has 0 aliphatic heterocycles. The van der Waals surface area contributed by atoms with Crippen molar-refractivity contribution < 1.29 is 24.2 Å². The van der Waals surface area contributed by atoms with E-state index in [0.29, 0.717) is 17.7 Å². The third-order valence-corrected chi connectivity index (χ3v) is 7.23. The predicted octanol–water partition coefficient (Wildman–Crippen LogP) is 4.49. The highest BCUT2D eigenvalue weighted by molar-refractivity contribution is 7.17. The number of carbonyl (C=O) groups is 3. The summed E-state index contributed by atoms with van der Waals surface area (Å²) in [5.74, 6) is -1.03. The minimum absolute atomic E-state index is 0.0301. The molecule has 8 nitrogen and oxygen atoms in total. The van der Waals surface area contributed by atoms with Gasteiger partial charge in [0.25, 0.3) is 5.91 Å². The lowest BCUT2D eigenvalue weighted by Crippen LogP contribution is -2.44. The number of hydrogen-bond acceptors (Lipinski definition) is 6. The smallest absolute Gasteiger partial charge is 0.413 e. The number of hydrogen-bond donors (Lipinski definition) is 3. The van der Waals surface area contributed by atoms with Crippen molar-refractivity contribution in [2.45, 2.75) is 31.2 Å². The van der Waals surface area contributed by atoms with Gasteiger partial charge in [0.1, 0.15) is 11.5 Å². The lowest BCUT2D eigenvalue weighted by Gasteiger charge is -2.34. The molecule has 0 unspecified atom stereocenters. The molecule has 3 aromatic rings. The molecule has 1 aromatic heterocycles. The van der Waals surface area contributed by atoms with Crippen LogP contribution in [0.2, 0.25) is 0 Å². The molecule has 1 heterocycles. The molecule has 3 N–H and O–H groups in total. The Labute approximate surface area is 200 Å². The summed E-state index contributed by atoms with van der Waals surface area (Å²) in [6, 6.07) is 16.2. The van der Waals surface area contributed by atoms with Gasteiger partial charge in [-0.25, -0.2) is 9.78 Å². The Bertz CT molecular complexity index is 1210. The number of aliphatic carboxylic acids is 1. The first-order chi connectivity index (χ1) is 16.5. The number of benzene rings is 2. The first kappa shape index (κ1) is 22.1. The monoisotopic (exact) mass is 477 g/mol. The molecule has 0 atom stereocenters. The van der Waals surface area contributed by atoms with Crippen LogP contribution in [0.3, 0.4) is 0 Å². The second-order valence-electron chi connectivity index (χ2n) is 8.59. The first-order valence-electron chi connectivity index (χ1n) is 11.1. The Morgan fingerprint density at radius 2 is 1.68 bits per heavy atom. The van der Waals surface area contributed by atoms with Gasteiger partial charge in [-0.15, -0.1) is 0 Å². The van der Waals surface area contributed by atoms with Crippen LogP contribution in [-0.2, 0) is 9.53 Å². The Morgan fingerprint density at radius 3 is 2.32 bits per heavy atom. The molecular weight excluding hydrogens is 454 g/mol. The third-order valence-electron chi connectivity index (χ3n) is 6.32. The average Bonchev–Trinajstić information content (AvgIpc) is 3.39. The number of amides is 2. The fourth-order valence-corrected chi connectivity index (χ4v) is 5.39. The predicted molar refractivity (Wildman–Crippen MR) is 127 cm³/mol. The third kappa shape index (κ3) is 4.51. The lowest BCUT2D eigenvalue weighted by atomic mass is 9.78. The summed E-state index contributed by atoms with van der Waals surface area (Å²) < 4.78 is 5.52. The Balaban J connectivity index is 1.14. The maximum atomic E-state index is 12.4. The van der Waals surface area contributed by atoms with E-state index in [1.54, 1.807) is 0 Å². The molecule has 2 aliphatic rings. The van der Waals surface area contributed by atoms with Gasteiger partial charge < -0.3 is 15.2 Å². The number of thiazole rings is 1. The van der Waals surface area contributed by atoms with Crippen LogP contribution >= 0.6 is 11.3 Å². The Kier molecular flexibility index (Phi) is 6.02. The molecule has 2 aliphatic carbocycles. The molecule has 1 saturated carbocycles. The van der Waals surface area contributed by atoms with Crippen molar-refractivity contribution in [1.82, 2.24) is 10.3 Å². The van der Waals surface area contributed by atoms with Gasteiger partial charge in [0.15, 0.2) is 5.13 Å². The van der Waals surface area contributed by atoms with Gasteiger partial charge in [-0.2, -0.15) is 0 Å². The van der Waals surface area contributed by atoms with Gasteiger partial charge in [-0.05, 0) is 41.0 Å². The van der Waals surface area contributed by atoms with Gasteiger partial charge in [0, 0.05) is 18.4 Å². The van der Waals surface area contributed by atoms with Gasteiger partial charge in [0.05, 0.1) is 6.20 Å². The average molecular weight is 478 g/mol. The molecule has 0 saturated heterocycles. The second kappa shape index (κ2) is 9.26. The quantitative estimate of drug-likeness (QED) is 0.462. The van der Waals surface area contributed by atoms with Crippen molar-refractivity contribution in [3.05, 3.63) is 70.7 Å². The van der Waals surface area contributed by atoms with Gasteiger partial charge >= 0.3 is 12.1 Å². The van der Waals surface area contributed by atoms with Crippen LogP contribution < -0.4 is 10.6 Å². The molecule has 5 rings (SSSR count). The van der Waals surface area contributed by atoms with E-state index in [9.17, 15) is 14.4 Å². The minimum atomic E-state index is -0.818. The highest BCUT2D eigenvalue weighted by Crippen LogP contribution is 2.44. The molecular formula is C25H23N3O5S. The zero-order valence-corrected chi connectivity index (χ0v) is 19.0. The van der Waals surface area contributed by atoms with E-state index in [1.807, 2.05) is 24.3 Å². The topological polar surface area (TPSA) is 118 Å². The number of aromatic nitrogens is 1. The number of carboxylic acids is 1. The highest BCUT2D eigenvalue weighted by atomic mass is 32.1. The number of carboxylic acid groups (broad SMARTS) is 1. The summed E-state index contributed by atoms with van der Waals surface area (Å²) >= 11 is 1.06. The summed E-state index contributed by atoms with van der Waals surface area (Å²) in [6.07, 6.45) is 2.22. The maximum Gasteiger partial charge on any atom is 0.413 e. The molecule has 0 radical (unpaired) electrons. The largest absolute Gasteiger partial charge is 0.481 e. The summed E-state index contributed by atoms with van der Waals surface area (Å²) in [6.45, 7) is 0.192. The molecule has 1 fully saturated rings. The van der Waals surface area contributed by atoms with Gasteiger partial charge in [0.2, 0.25) is 0 Å². The SMILES string of the molecule is O=C(O)CC1CC(NC(=O)c2cnc(NC(=O)OCC3c4ccccc4-c4ccccc43)s2)C1. The second-order valence-corrected chi connectivity index (χ2v) is 9.62. The summed E-state index contributed by atoms with van der Waals surface area (Å²) in [5.41, 5.74) is 4.57. The van der Waals surface area contributed by atoms with Crippen molar-refractivity contribution in [2.24, 2.45) is 5.92 Å². The summed E-state index contributed by atoms with van der Waals surface area (Å²) in [4.78, 5) is 40.0. The first-order valence-corrected chi connectivity index (χ1v) is 11.9. The maximum absolute atomic E-state index is 12.4. The van der Waals surface area contributed by atoms with E-state index in [2.05, 4.69) is 39.9 Å². The van der Waals surface area contributed by atoms with Crippen molar-refractivity contribution in [2.75, 3.05) is 11.9 Å². The number of rotatable bonds is 7. The number of fused-ring (bicyclic) bond motifs is 3. The van der Waals surface area contributed by atoms with Crippen LogP contribution in [0.25, 0.3) is 11.1 Å². The Hall–Kier alpha value is -3.72. The fourth-order valence-electron chi connectivity index (χ4n) is 4.68. The number of carbonyl (C=O) groups excluding carboxylic acids is 2. The van der Waals surface area contributed by atoms with E-state index >= 15 is 0 Å². The van der Waals surface area contributed by atoms with Crippen LogP contribution in [0.5, 0.6) is 0 Å². The molecule has 0 spiro atoms. The number of nitrogens with zero attached hydrogens (tertiary/aromatic N) is 1. The van der Waals surface area contributed by atoms with Crippen molar-refractivity contribution in [3.8, 4) is 11.1 Å². The lowest BCUT2D eigenvalue weighted by molar-refractivity contribution is -0.138. The van der Waals surface area contributed by atoms with Crippen LogP contribution in [0, 0.1) is 5.92 Å². The van der Waals surface area contributed by atoms with Gasteiger partial charge in [-0.1, -0.05) is 59.9 Å². The van der Waals surface area contributed by atoms with E-state index in [1.165, 1.54) is 6.20 Å². The molecule has 9 heteroatoms. The number of ether oxygens (including phenoxy) is 1. The van der Waals surface area contributed by atoms with Gasteiger partial charge in [-0.3, -0.25) is 14.9 Å².